The molecule has 1 fully saturated rings. The van der Waals surface area contributed by atoms with Gasteiger partial charge in [0.15, 0.2) is 0 Å². The van der Waals surface area contributed by atoms with Gasteiger partial charge in [0.1, 0.15) is 11.9 Å². The Bertz CT molecular complexity index is 874. The van der Waals surface area contributed by atoms with Crippen LogP contribution in [0.4, 0.5) is 0 Å². The van der Waals surface area contributed by atoms with E-state index >= 15 is 0 Å². The molecule has 0 bridgehead atoms. The molecule has 1 saturated heterocycles. The van der Waals surface area contributed by atoms with Crippen LogP contribution >= 0.6 is 11.3 Å². The summed E-state index contributed by atoms with van der Waals surface area (Å²) in [5, 5.41) is 14.0. The van der Waals surface area contributed by atoms with E-state index in [-0.39, 0.29) is 36.1 Å². The van der Waals surface area contributed by atoms with Crippen molar-refractivity contribution in [1.82, 2.24) is 4.98 Å². The van der Waals surface area contributed by atoms with E-state index in [4.69, 9.17) is 4.74 Å². The van der Waals surface area contributed by atoms with Crippen LogP contribution in [0.15, 0.2) is 11.0 Å². The molecule has 6 heteroatoms. The van der Waals surface area contributed by atoms with Crippen LogP contribution in [0.1, 0.15) is 104 Å². The fraction of sp³-hybridized carbons (Fsp3) is 0.759. The van der Waals surface area contributed by atoms with Crippen molar-refractivity contribution in [2.45, 2.75) is 113 Å². The Labute approximate surface area is 216 Å². The number of carbonyl (C=O) groups excluding carboxylic acids is 2. The van der Waals surface area contributed by atoms with E-state index in [1.165, 1.54) is 0 Å². The van der Waals surface area contributed by atoms with E-state index in [1.807, 2.05) is 53.0 Å². The molecule has 35 heavy (non-hydrogen) atoms. The second kappa shape index (κ2) is 13.1. The topological polar surface area (TPSA) is 76.5 Å². The Kier molecular flexibility index (Phi) is 11.1. The number of thiazole rings is 1. The number of hydrogen-bond acceptors (Lipinski definition) is 6. The van der Waals surface area contributed by atoms with Gasteiger partial charge in [-0.3, -0.25) is 9.59 Å². The van der Waals surface area contributed by atoms with E-state index in [0.29, 0.717) is 5.92 Å². The molecule has 0 unspecified atom stereocenters. The van der Waals surface area contributed by atoms with Gasteiger partial charge in [0.05, 0.1) is 16.8 Å². The highest BCUT2D eigenvalue weighted by molar-refractivity contribution is 7.09. The second-order valence-electron chi connectivity index (χ2n) is 11.4. The molecule has 0 saturated carbocycles. The maximum Gasteiger partial charge on any atom is 0.306 e. The number of aliphatic hydroxyl groups excluding tert-OH is 1. The third-order valence-corrected chi connectivity index (χ3v) is 9.12. The summed E-state index contributed by atoms with van der Waals surface area (Å²) in [6.45, 7) is 15.8. The Morgan fingerprint density at radius 3 is 2.49 bits per heavy atom. The number of carbonyl (C=O) groups is 2. The Morgan fingerprint density at radius 2 is 1.89 bits per heavy atom. The number of Topliss-reactive ketones (excluding diaryl/α,β-unsaturated/α-hetero) is 1. The average molecular weight is 506 g/mol. The molecule has 0 aliphatic carbocycles. The standard InChI is InChI=1S/C29H47NO4S/c1-9-23-12-10-11-18(2)27(32)21(5)28(33)29(7,8)20(4)16-26(31)34-25(14-13-23)19(3)15-24-17-35-22(6)30-24/h15,17-18,20-21,23,25,27,32H,9-14,16H2,1-8H3/b19-15+/t18-,20-,21+,23+,25-,27-/m0/s1. The maximum absolute atomic E-state index is 13.4. The second-order valence-corrected chi connectivity index (χ2v) is 12.5. The molecule has 1 aromatic rings. The minimum atomic E-state index is -0.734. The lowest BCUT2D eigenvalue weighted by atomic mass is 9.69. The molecule has 0 aromatic carbocycles. The molecule has 0 radical (unpaired) electrons. The van der Waals surface area contributed by atoms with Crippen LogP contribution in [-0.4, -0.2) is 34.1 Å². The summed E-state index contributed by atoms with van der Waals surface area (Å²) in [5.41, 5.74) is 1.18. The van der Waals surface area contributed by atoms with E-state index in [1.54, 1.807) is 11.3 Å². The van der Waals surface area contributed by atoms with Crippen molar-refractivity contribution in [1.29, 1.82) is 0 Å². The number of rotatable bonds is 3. The van der Waals surface area contributed by atoms with Crippen LogP contribution in [0, 0.1) is 36.0 Å². The molecule has 0 amide bonds. The summed E-state index contributed by atoms with van der Waals surface area (Å²) < 4.78 is 6.06. The first-order valence-electron chi connectivity index (χ1n) is 13.4. The lowest BCUT2D eigenvalue weighted by molar-refractivity contribution is -0.151. The SMILES string of the molecule is CC[C@@H]1CCC[C@H](C)[C@H](O)[C@@H](C)C(=O)C(C)(C)[C@@H](C)CC(=O)O[C@H](/C(C)=C/c2csc(C)n2)CC1. The number of hydrogen-bond donors (Lipinski definition) is 1. The zero-order valence-corrected chi connectivity index (χ0v) is 23.9. The third-order valence-electron chi connectivity index (χ3n) is 8.33. The van der Waals surface area contributed by atoms with Crippen LogP contribution in [0.2, 0.25) is 0 Å². The van der Waals surface area contributed by atoms with E-state index in [2.05, 4.69) is 18.8 Å². The first kappa shape index (κ1) is 29.7. The quantitative estimate of drug-likeness (QED) is 0.447. The highest BCUT2D eigenvalue weighted by Crippen LogP contribution is 2.36. The van der Waals surface area contributed by atoms with Crippen molar-refractivity contribution in [2.75, 3.05) is 0 Å². The Morgan fingerprint density at radius 1 is 1.20 bits per heavy atom. The third kappa shape index (κ3) is 8.24. The smallest absolute Gasteiger partial charge is 0.306 e. The van der Waals surface area contributed by atoms with E-state index in [9.17, 15) is 14.7 Å². The van der Waals surface area contributed by atoms with Gasteiger partial charge in [-0.25, -0.2) is 4.98 Å². The summed E-state index contributed by atoms with van der Waals surface area (Å²) >= 11 is 1.61. The number of aliphatic hydroxyl groups is 1. The number of ketones is 1. The van der Waals surface area contributed by atoms with Gasteiger partial charge in [-0.05, 0) is 62.5 Å². The molecule has 1 aliphatic heterocycles. The van der Waals surface area contributed by atoms with E-state index < -0.39 is 17.4 Å². The first-order valence-corrected chi connectivity index (χ1v) is 14.3. The number of aryl methyl sites for hydroxylation is 1. The zero-order chi connectivity index (χ0) is 26.3. The molecule has 2 heterocycles. The molecule has 6 atom stereocenters. The van der Waals surface area contributed by atoms with Crippen LogP contribution in [0.25, 0.3) is 6.08 Å². The summed E-state index contributed by atoms with van der Waals surface area (Å²) in [4.78, 5) is 31.0. The van der Waals surface area contributed by atoms with E-state index in [0.717, 1.165) is 54.8 Å². The monoisotopic (exact) mass is 505 g/mol. The lowest BCUT2D eigenvalue weighted by Gasteiger charge is -2.35. The molecule has 1 N–H and O–H groups in total. The van der Waals surface area contributed by atoms with Crippen molar-refractivity contribution in [3.63, 3.8) is 0 Å². The molecular formula is C29H47NO4S. The predicted molar refractivity (Wildman–Crippen MR) is 144 cm³/mol. The minimum absolute atomic E-state index is 0.0159. The Balaban J connectivity index is 2.31. The van der Waals surface area contributed by atoms with Gasteiger partial charge in [0, 0.05) is 23.1 Å². The molecule has 5 nitrogen and oxygen atoms in total. The predicted octanol–water partition coefficient (Wildman–Crippen LogP) is 7.01. The summed E-state index contributed by atoms with van der Waals surface area (Å²) in [6, 6.07) is 0. The van der Waals surface area contributed by atoms with Crippen LogP contribution in [0.3, 0.4) is 0 Å². The van der Waals surface area contributed by atoms with Crippen LogP contribution < -0.4 is 0 Å². The molecule has 1 aromatic heterocycles. The number of nitrogens with zero attached hydrogens (tertiary/aromatic N) is 1. The van der Waals surface area contributed by atoms with Crippen LogP contribution in [0.5, 0.6) is 0 Å². The van der Waals surface area contributed by atoms with Crippen molar-refractivity contribution >= 4 is 29.2 Å². The number of cyclic esters (lactones) is 1. The first-order chi connectivity index (χ1) is 16.4. The summed E-state index contributed by atoms with van der Waals surface area (Å²) in [6.07, 6.45) is 7.09. The zero-order valence-electron chi connectivity index (χ0n) is 23.1. The van der Waals surface area contributed by atoms with Gasteiger partial charge in [-0.2, -0.15) is 0 Å². The van der Waals surface area contributed by atoms with Gasteiger partial charge < -0.3 is 9.84 Å². The molecule has 1 aliphatic rings. The average Bonchev–Trinajstić information content (AvgIpc) is 3.21. The number of esters is 1. The molecule has 0 spiro atoms. The van der Waals surface area contributed by atoms with Gasteiger partial charge in [-0.15, -0.1) is 11.3 Å². The van der Waals surface area contributed by atoms with Crippen molar-refractivity contribution in [3.05, 3.63) is 21.7 Å². The minimum Gasteiger partial charge on any atom is -0.458 e. The summed E-state index contributed by atoms with van der Waals surface area (Å²) in [5.74, 6) is -0.313. The van der Waals surface area contributed by atoms with Crippen molar-refractivity contribution in [3.8, 4) is 0 Å². The van der Waals surface area contributed by atoms with Gasteiger partial charge >= 0.3 is 5.97 Å². The molecular weight excluding hydrogens is 458 g/mol. The maximum atomic E-state index is 13.4. The normalized spacial score (nSPS) is 32.3. The van der Waals surface area contributed by atoms with Crippen molar-refractivity contribution < 1.29 is 19.4 Å². The molecule has 2 rings (SSSR count). The summed E-state index contributed by atoms with van der Waals surface area (Å²) in [7, 11) is 0. The largest absolute Gasteiger partial charge is 0.458 e. The van der Waals surface area contributed by atoms with Gasteiger partial charge in [0.2, 0.25) is 0 Å². The van der Waals surface area contributed by atoms with Gasteiger partial charge in [-0.1, -0.05) is 60.8 Å². The fourth-order valence-electron chi connectivity index (χ4n) is 5.18. The highest BCUT2D eigenvalue weighted by atomic mass is 32.1. The highest BCUT2D eigenvalue weighted by Gasteiger charge is 2.41. The number of ether oxygens (including phenoxy) is 1. The fourth-order valence-corrected chi connectivity index (χ4v) is 5.75. The number of aromatic nitrogens is 1. The Hall–Kier alpha value is -1.53. The van der Waals surface area contributed by atoms with Crippen molar-refractivity contribution in [2.24, 2.45) is 29.1 Å². The van der Waals surface area contributed by atoms with Gasteiger partial charge in [0.25, 0.3) is 0 Å². The molecule has 198 valence electrons. The van der Waals surface area contributed by atoms with Crippen LogP contribution in [-0.2, 0) is 14.3 Å². The lowest BCUT2D eigenvalue weighted by Crippen LogP contribution is -2.42.